The summed E-state index contributed by atoms with van der Waals surface area (Å²) < 4.78 is 34.5. The van der Waals surface area contributed by atoms with E-state index in [9.17, 15) is 13.9 Å². The highest BCUT2D eigenvalue weighted by molar-refractivity contribution is 7.13. The Balaban J connectivity index is 1.38. The summed E-state index contributed by atoms with van der Waals surface area (Å²) in [6.07, 6.45) is 3.38. The Morgan fingerprint density at radius 2 is 1.97 bits per heavy atom. The first-order chi connectivity index (χ1) is 13.9. The summed E-state index contributed by atoms with van der Waals surface area (Å²) in [5.41, 5.74) is 1.90. The fourth-order valence-corrected chi connectivity index (χ4v) is 4.10. The molecule has 1 N–H and O–H groups in total. The summed E-state index contributed by atoms with van der Waals surface area (Å²) in [7, 11) is 2.69. The molecule has 0 saturated carbocycles. The van der Waals surface area contributed by atoms with Crippen molar-refractivity contribution in [2.75, 3.05) is 13.1 Å². The van der Waals surface area contributed by atoms with Gasteiger partial charge in [-0.2, -0.15) is 0 Å². The quantitative estimate of drug-likeness (QED) is 0.592. The van der Waals surface area contributed by atoms with Gasteiger partial charge in [-0.25, -0.2) is 8.78 Å². The third kappa shape index (κ3) is 6.74. The van der Waals surface area contributed by atoms with E-state index in [4.69, 9.17) is 4.74 Å². The molecule has 0 bridgehead atoms. The molecule has 6 heteroatoms. The molecule has 0 fully saturated rings. The molecule has 3 nitrogen and oxygen atoms in total. The van der Waals surface area contributed by atoms with E-state index in [1.807, 2.05) is 10.7 Å². The molecular weight excluding hydrogens is 391 g/mol. The highest BCUT2D eigenvalue weighted by Crippen LogP contribution is 2.29. The van der Waals surface area contributed by atoms with Gasteiger partial charge in [0, 0.05) is 13.1 Å². The van der Waals surface area contributed by atoms with E-state index in [-0.39, 0.29) is 17.7 Å². The van der Waals surface area contributed by atoms with Crippen LogP contribution in [0.25, 0.3) is 0 Å². The molecule has 29 heavy (non-hydrogen) atoms. The van der Waals surface area contributed by atoms with E-state index in [1.165, 1.54) is 18.2 Å². The van der Waals surface area contributed by atoms with Crippen molar-refractivity contribution < 1.29 is 18.6 Å². The third-order valence-corrected chi connectivity index (χ3v) is 6.04. The number of aliphatic hydroxyl groups is 1. The number of nitrogens with zero attached hydrogens (tertiary/aromatic N) is 1. The van der Waals surface area contributed by atoms with Crippen LogP contribution < -0.4 is 4.74 Å². The van der Waals surface area contributed by atoms with E-state index in [1.54, 1.807) is 18.2 Å². The molecule has 2 aromatic carbocycles. The molecule has 0 aromatic heterocycles. The van der Waals surface area contributed by atoms with Gasteiger partial charge in [0.25, 0.3) is 0 Å². The second-order valence-electron chi connectivity index (χ2n) is 8.07. The van der Waals surface area contributed by atoms with Crippen LogP contribution in [0.1, 0.15) is 37.3 Å². The molecule has 2 aromatic rings. The molecule has 1 heterocycles. The number of aryl methyl sites for hydroxylation is 2. The molecule has 158 valence electrons. The zero-order valence-electron chi connectivity index (χ0n) is 16.9. The smallest absolute Gasteiger partial charge is 0.126 e. The van der Waals surface area contributed by atoms with E-state index in [0.29, 0.717) is 31.1 Å². The van der Waals surface area contributed by atoms with Gasteiger partial charge in [-0.3, -0.25) is 4.67 Å². The summed E-state index contributed by atoms with van der Waals surface area (Å²) in [6.45, 7) is 3.55. The number of fused-ring (bicyclic) bond motifs is 1. The minimum Gasteiger partial charge on any atom is -0.487 e. The Morgan fingerprint density at radius 3 is 2.76 bits per heavy atom. The Bertz CT molecular complexity index is 804. The minimum atomic E-state index is -0.603. The normalized spacial score (nSPS) is 18.2. The standard InChI is InChI=1S/C23H30F2NO2P/c1-16(5-6-17-3-2-4-19(24)13-17)11-12-26(29)15-21(27)23-9-7-18-14-20(25)8-10-22(18)28-23/h2-4,8,10,13-14,16,21,23,27H,5-7,9,11-12,15,29H2,1H3/t16?,21-,23-/m0/s1. The molecule has 0 amide bonds. The summed E-state index contributed by atoms with van der Waals surface area (Å²) in [4.78, 5) is 0. The van der Waals surface area contributed by atoms with Gasteiger partial charge in [-0.05, 0) is 79.5 Å². The van der Waals surface area contributed by atoms with Crippen LogP contribution in [0.2, 0.25) is 0 Å². The van der Waals surface area contributed by atoms with Gasteiger partial charge in [0.1, 0.15) is 29.6 Å². The largest absolute Gasteiger partial charge is 0.487 e. The van der Waals surface area contributed by atoms with Gasteiger partial charge in [0.05, 0.1) is 0 Å². The van der Waals surface area contributed by atoms with Gasteiger partial charge in [-0.1, -0.05) is 28.4 Å². The first-order valence-corrected chi connectivity index (χ1v) is 10.8. The van der Waals surface area contributed by atoms with Gasteiger partial charge in [-0.15, -0.1) is 0 Å². The summed E-state index contributed by atoms with van der Waals surface area (Å²) in [6, 6.07) is 11.3. The van der Waals surface area contributed by atoms with Crippen molar-refractivity contribution in [2.45, 2.75) is 51.2 Å². The fraction of sp³-hybridized carbons (Fsp3) is 0.478. The first-order valence-electron chi connectivity index (χ1n) is 10.3. The first kappa shape index (κ1) is 22.1. The van der Waals surface area contributed by atoms with Crippen LogP contribution in [-0.4, -0.2) is 35.1 Å². The van der Waals surface area contributed by atoms with Crippen molar-refractivity contribution in [1.29, 1.82) is 0 Å². The predicted molar refractivity (Wildman–Crippen MR) is 115 cm³/mol. The van der Waals surface area contributed by atoms with Gasteiger partial charge >= 0.3 is 0 Å². The SMILES string of the molecule is CC(CCc1cccc(F)c1)CCN(P)C[C@H](O)[C@@H]1CCc2cc(F)ccc2O1. The molecule has 0 radical (unpaired) electrons. The van der Waals surface area contributed by atoms with Crippen molar-refractivity contribution in [1.82, 2.24) is 4.67 Å². The Morgan fingerprint density at radius 1 is 1.17 bits per heavy atom. The molecule has 4 atom stereocenters. The average Bonchev–Trinajstić information content (AvgIpc) is 2.70. The number of benzene rings is 2. The summed E-state index contributed by atoms with van der Waals surface area (Å²) >= 11 is 0. The molecule has 1 aliphatic rings. The van der Waals surface area contributed by atoms with Crippen molar-refractivity contribution in [3.63, 3.8) is 0 Å². The van der Waals surface area contributed by atoms with Crippen LogP contribution in [0, 0.1) is 17.6 Å². The molecule has 1 aliphatic heterocycles. The molecule has 0 saturated heterocycles. The van der Waals surface area contributed by atoms with Gasteiger partial charge < -0.3 is 9.84 Å². The van der Waals surface area contributed by atoms with Gasteiger partial charge in [0.15, 0.2) is 0 Å². The van der Waals surface area contributed by atoms with Crippen molar-refractivity contribution in [2.24, 2.45) is 5.92 Å². The predicted octanol–water partition coefficient (Wildman–Crippen LogP) is 4.77. The van der Waals surface area contributed by atoms with Crippen LogP contribution in [0.5, 0.6) is 5.75 Å². The van der Waals surface area contributed by atoms with Crippen molar-refractivity contribution in [3.8, 4) is 5.75 Å². The van der Waals surface area contributed by atoms with Gasteiger partial charge in [0.2, 0.25) is 0 Å². The lowest BCUT2D eigenvalue weighted by Gasteiger charge is -2.31. The fourth-order valence-electron chi connectivity index (χ4n) is 3.73. The Labute approximate surface area is 174 Å². The van der Waals surface area contributed by atoms with E-state index in [0.717, 1.165) is 36.9 Å². The third-order valence-electron chi connectivity index (χ3n) is 5.57. The number of hydrogen-bond acceptors (Lipinski definition) is 3. The van der Waals surface area contributed by atoms with Crippen LogP contribution in [0.15, 0.2) is 42.5 Å². The molecular formula is C23H30F2NO2P. The minimum absolute atomic E-state index is 0.182. The topological polar surface area (TPSA) is 32.7 Å². The van der Waals surface area contributed by atoms with Crippen molar-refractivity contribution >= 4 is 9.39 Å². The zero-order chi connectivity index (χ0) is 20.8. The highest BCUT2D eigenvalue weighted by atomic mass is 31.0. The van der Waals surface area contributed by atoms with Crippen LogP contribution >= 0.6 is 9.39 Å². The van der Waals surface area contributed by atoms with Crippen LogP contribution in [0.4, 0.5) is 8.78 Å². The van der Waals surface area contributed by atoms with Crippen molar-refractivity contribution in [3.05, 3.63) is 65.2 Å². The Kier molecular flexibility index (Phi) is 7.99. The zero-order valence-corrected chi connectivity index (χ0v) is 18.0. The number of hydrogen-bond donors (Lipinski definition) is 1. The lowest BCUT2D eigenvalue weighted by atomic mass is 9.97. The maximum absolute atomic E-state index is 13.3. The monoisotopic (exact) mass is 421 g/mol. The molecule has 2 unspecified atom stereocenters. The number of ether oxygens (including phenoxy) is 1. The molecule has 0 spiro atoms. The summed E-state index contributed by atoms with van der Waals surface area (Å²) in [5.74, 6) is 0.737. The van der Waals surface area contributed by atoms with E-state index >= 15 is 0 Å². The van der Waals surface area contributed by atoms with E-state index < -0.39 is 6.10 Å². The Hall–Kier alpha value is -1.55. The number of rotatable bonds is 9. The number of halogens is 2. The lowest BCUT2D eigenvalue weighted by Crippen LogP contribution is -2.41. The summed E-state index contributed by atoms with van der Waals surface area (Å²) in [5, 5.41) is 10.6. The second kappa shape index (κ2) is 10.5. The number of aliphatic hydroxyl groups excluding tert-OH is 1. The maximum atomic E-state index is 13.3. The van der Waals surface area contributed by atoms with E-state index in [2.05, 4.69) is 16.3 Å². The average molecular weight is 421 g/mol. The second-order valence-corrected chi connectivity index (χ2v) is 8.80. The molecule has 3 rings (SSSR count). The highest BCUT2D eigenvalue weighted by Gasteiger charge is 2.27. The maximum Gasteiger partial charge on any atom is 0.126 e. The van der Waals surface area contributed by atoms with Crippen LogP contribution in [0.3, 0.4) is 0 Å². The lowest BCUT2D eigenvalue weighted by molar-refractivity contribution is 0.0146. The molecule has 0 aliphatic carbocycles. The van der Waals surface area contributed by atoms with Crippen LogP contribution in [-0.2, 0) is 12.8 Å².